The number of amides is 2. The number of hydrogen-bond donors (Lipinski definition) is 2. The van der Waals surface area contributed by atoms with Gasteiger partial charge in [-0.25, -0.2) is 4.68 Å². The molecule has 1 fully saturated rings. The molecule has 0 saturated heterocycles. The number of carbonyl (C=O) groups excluding carboxylic acids is 2. The summed E-state index contributed by atoms with van der Waals surface area (Å²) in [6.45, 7) is 1.82. The van der Waals surface area contributed by atoms with Gasteiger partial charge in [-0.1, -0.05) is 5.21 Å². The number of aromatic nitrogens is 3. The van der Waals surface area contributed by atoms with E-state index in [1.54, 1.807) is 16.0 Å². The molecule has 0 radical (unpaired) electrons. The highest BCUT2D eigenvalue weighted by atomic mass is 32.1. The van der Waals surface area contributed by atoms with Crippen molar-refractivity contribution in [2.24, 2.45) is 0 Å². The van der Waals surface area contributed by atoms with E-state index in [9.17, 15) is 9.59 Å². The Labute approximate surface area is 160 Å². The Hall–Kier alpha value is -3.00. The lowest BCUT2D eigenvalue weighted by atomic mass is 10.2. The van der Waals surface area contributed by atoms with Crippen molar-refractivity contribution < 1.29 is 9.59 Å². The highest BCUT2D eigenvalue weighted by Gasteiger charge is 2.26. The summed E-state index contributed by atoms with van der Waals surface area (Å²) in [5.74, 6) is -0.240. The molecule has 7 nitrogen and oxygen atoms in total. The van der Waals surface area contributed by atoms with Gasteiger partial charge in [0.1, 0.15) is 0 Å². The molecule has 2 heterocycles. The summed E-state index contributed by atoms with van der Waals surface area (Å²) >= 11 is 1.58. The van der Waals surface area contributed by atoms with Crippen molar-refractivity contribution in [3.8, 4) is 5.69 Å². The molecule has 1 aliphatic carbocycles. The lowest BCUT2D eigenvalue weighted by molar-refractivity contribution is -0.115. The topological polar surface area (TPSA) is 88.9 Å². The first kappa shape index (κ1) is 17.4. The summed E-state index contributed by atoms with van der Waals surface area (Å²) in [5.41, 5.74) is 3.52. The molecule has 4 rings (SSSR count). The molecule has 2 N–H and O–H groups in total. The van der Waals surface area contributed by atoms with Gasteiger partial charge in [-0.05, 0) is 66.4 Å². The monoisotopic (exact) mass is 381 g/mol. The molecular weight excluding hydrogens is 362 g/mol. The second-order valence-electron chi connectivity index (χ2n) is 6.59. The lowest BCUT2D eigenvalue weighted by Gasteiger charge is -2.07. The largest absolute Gasteiger partial charge is 0.348 e. The maximum absolute atomic E-state index is 12.2. The Balaban J connectivity index is 1.43. The minimum absolute atomic E-state index is 0.0582. The molecule has 1 aliphatic rings. The van der Waals surface area contributed by atoms with Crippen LogP contribution in [0.5, 0.6) is 0 Å². The SMILES string of the molecule is Cc1c(C(=O)NC2CC2)nnn1-c1ccc(NC(=O)Cc2ccsc2)cc1. The van der Waals surface area contributed by atoms with E-state index in [-0.39, 0.29) is 17.9 Å². The number of hydrogen-bond acceptors (Lipinski definition) is 5. The van der Waals surface area contributed by atoms with Crippen LogP contribution in [0.4, 0.5) is 5.69 Å². The number of benzene rings is 1. The third-order valence-electron chi connectivity index (χ3n) is 4.36. The molecule has 1 aromatic carbocycles. The second-order valence-corrected chi connectivity index (χ2v) is 7.37. The third-order valence-corrected chi connectivity index (χ3v) is 5.09. The summed E-state index contributed by atoms with van der Waals surface area (Å²) in [5, 5.41) is 17.8. The van der Waals surface area contributed by atoms with Gasteiger partial charge in [-0.15, -0.1) is 5.10 Å². The van der Waals surface area contributed by atoms with Gasteiger partial charge in [0.2, 0.25) is 5.91 Å². The molecule has 27 heavy (non-hydrogen) atoms. The molecule has 0 spiro atoms. The van der Waals surface area contributed by atoms with Gasteiger partial charge in [0.05, 0.1) is 17.8 Å². The Kier molecular flexibility index (Phi) is 4.72. The molecule has 3 aromatic rings. The van der Waals surface area contributed by atoms with E-state index in [0.717, 1.165) is 24.1 Å². The minimum Gasteiger partial charge on any atom is -0.348 e. The van der Waals surface area contributed by atoms with E-state index in [0.29, 0.717) is 23.5 Å². The minimum atomic E-state index is -0.182. The van der Waals surface area contributed by atoms with Crippen LogP contribution in [-0.4, -0.2) is 32.9 Å². The zero-order chi connectivity index (χ0) is 18.8. The fourth-order valence-corrected chi connectivity index (χ4v) is 3.40. The second kappa shape index (κ2) is 7.32. The smallest absolute Gasteiger partial charge is 0.273 e. The van der Waals surface area contributed by atoms with Crippen LogP contribution in [0.2, 0.25) is 0 Å². The van der Waals surface area contributed by atoms with Crippen molar-refractivity contribution in [1.29, 1.82) is 0 Å². The molecule has 0 aliphatic heterocycles. The van der Waals surface area contributed by atoms with E-state index >= 15 is 0 Å². The first-order chi connectivity index (χ1) is 13.1. The van der Waals surface area contributed by atoms with E-state index in [1.165, 1.54) is 0 Å². The van der Waals surface area contributed by atoms with E-state index in [4.69, 9.17) is 0 Å². The molecule has 2 aromatic heterocycles. The number of rotatable bonds is 6. The average molecular weight is 381 g/mol. The molecule has 0 unspecified atom stereocenters. The van der Waals surface area contributed by atoms with E-state index in [2.05, 4.69) is 20.9 Å². The number of nitrogens with zero attached hydrogens (tertiary/aromatic N) is 3. The summed E-state index contributed by atoms with van der Waals surface area (Å²) in [4.78, 5) is 24.3. The standard InChI is InChI=1S/C19H19N5O2S/c1-12-18(19(26)21-15-2-3-15)22-23-24(12)16-6-4-14(5-7-16)20-17(25)10-13-8-9-27-11-13/h4-9,11,15H,2-3,10H2,1H3,(H,20,25)(H,21,26). The fourth-order valence-electron chi connectivity index (χ4n) is 2.74. The maximum Gasteiger partial charge on any atom is 0.273 e. The van der Waals surface area contributed by atoms with Crippen LogP contribution >= 0.6 is 11.3 Å². The fraction of sp³-hybridized carbons (Fsp3) is 0.263. The van der Waals surface area contributed by atoms with Crippen LogP contribution in [0, 0.1) is 6.92 Å². The summed E-state index contributed by atoms with van der Waals surface area (Å²) in [6, 6.07) is 9.52. The first-order valence-corrected chi connectivity index (χ1v) is 9.69. The number of nitrogens with one attached hydrogen (secondary N) is 2. The van der Waals surface area contributed by atoms with Crippen LogP contribution < -0.4 is 10.6 Å². The predicted octanol–water partition coefficient (Wildman–Crippen LogP) is 2.71. The Morgan fingerprint density at radius 1 is 1.22 bits per heavy atom. The van der Waals surface area contributed by atoms with Crippen molar-refractivity contribution >= 4 is 28.8 Å². The van der Waals surface area contributed by atoms with Gasteiger partial charge in [0.25, 0.3) is 5.91 Å². The summed E-state index contributed by atoms with van der Waals surface area (Å²) in [6.07, 6.45) is 2.41. The number of anilines is 1. The van der Waals surface area contributed by atoms with Crippen molar-refractivity contribution in [3.05, 3.63) is 58.0 Å². The van der Waals surface area contributed by atoms with Gasteiger partial charge in [0.15, 0.2) is 5.69 Å². The Morgan fingerprint density at radius 3 is 2.67 bits per heavy atom. The van der Waals surface area contributed by atoms with Crippen molar-refractivity contribution in [3.63, 3.8) is 0 Å². The quantitative estimate of drug-likeness (QED) is 0.687. The van der Waals surface area contributed by atoms with Crippen LogP contribution in [0.1, 0.15) is 34.6 Å². The highest BCUT2D eigenvalue weighted by molar-refractivity contribution is 7.08. The van der Waals surface area contributed by atoms with Crippen molar-refractivity contribution in [1.82, 2.24) is 20.3 Å². The zero-order valence-corrected chi connectivity index (χ0v) is 15.6. The van der Waals surface area contributed by atoms with Crippen LogP contribution in [0.15, 0.2) is 41.1 Å². The maximum atomic E-state index is 12.2. The Morgan fingerprint density at radius 2 is 2.00 bits per heavy atom. The average Bonchev–Trinajstić information content (AvgIpc) is 3.15. The summed E-state index contributed by atoms with van der Waals surface area (Å²) in [7, 11) is 0. The molecular formula is C19H19N5O2S. The van der Waals surface area contributed by atoms with E-state index < -0.39 is 0 Å². The normalized spacial score (nSPS) is 13.4. The van der Waals surface area contributed by atoms with Gasteiger partial charge in [-0.2, -0.15) is 11.3 Å². The van der Waals surface area contributed by atoms with Gasteiger partial charge >= 0.3 is 0 Å². The lowest BCUT2D eigenvalue weighted by Crippen LogP contribution is -2.26. The molecule has 1 saturated carbocycles. The van der Waals surface area contributed by atoms with Crippen LogP contribution in [0.3, 0.4) is 0 Å². The predicted molar refractivity (Wildman–Crippen MR) is 103 cm³/mol. The number of carbonyl (C=O) groups is 2. The van der Waals surface area contributed by atoms with Gasteiger partial charge in [0, 0.05) is 11.7 Å². The highest BCUT2D eigenvalue weighted by Crippen LogP contribution is 2.20. The third kappa shape index (κ3) is 4.06. The Bertz CT molecular complexity index is 959. The van der Waals surface area contributed by atoms with E-state index in [1.807, 2.05) is 48.0 Å². The van der Waals surface area contributed by atoms with Gasteiger partial charge < -0.3 is 10.6 Å². The van der Waals surface area contributed by atoms with Crippen molar-refractivity contribution in [2.75, 3.05) is 5.32 Å². The zero-order valence-electron chi connectivity index (χ0n) is 14.8. The molecule has 0 atom stereocenters. The number of thiophene rings is 1. The molecule has 138 valence electrons. The van der Waals surface area contributed by atoms with Crippen molar-refractivity contribution in [2.45, 2.75) is 32.2 Å². The molecule has 2 amide bonds. The van der Waals surface area contributed by atoms with Crippen LogP contribution in [-0.2, 0) is 11.2 Å². The molecule has 0 bridgehead atoms. The van der Waals surface area contributed by atoms with Crippen LogP contribution in [0.25, 0.3) is 5.69 Å². The molecule has 8 heteroatoms. The summed E-state index contributed by atoms with van der Waals surface area (Å²) < 4.78 is 1.62. The van der Waals surface area contributed by atoms with Gasteiger partial charge in [-0.3, -0.25) is 9.59 Å². The first-order valence-electron chi connectivity index (χ1n) is 8.74.